The number of hydrogen-bond donors (Lipinski definition) is 1. The van der Waals surface area contributed by atoms with E-state index >= 15 is 0 Å². The van der Waals surface area contributed by atoms with Crippen molar-refractivity contribution < 1.29 is 23.1 Å². The van der Waals surface area contributed by atoms with E-state index in [0.717, 1.165) is 43.5 Å². The second kappa shape index (κ2) is 15.5. The number of carbonyl (C=O) groups excluding carboxylic acids is 1. The van der Waals surface area contributed by atoms with Gasteiger partial charge in [-0.3, -0.25) is 0 Å². The minimum atomic E-state index is -3.73. The predicted molar refractivity (Wildman–Crippen MR) is 169 cm³/mol. The smallest absolute Gasteiger partial charge is 0.410 e. The molecule has 1 atom stereocenters. The number of rotatable bonds is 14. The quantitative estimate of drug-likeness (QED) is 0.273. The van der Waals surface area contributed by atoms with E-state index in [-0.39, 0.29) is 36.8 Å². The molecular weight excluding hydrogens is 562 g/mol. The lowest BCUT2D eigenvalue weighted by Crippen LogP contribution is -2.50. The summed E-state index contributed by atoms with van der Waals surface area (Å²) in [7, 11) is -2.14. The first-order valence-electron chi connectivity index (χ1n) is 15.2. The number of sulfonamides is 1. The van der Waals surface area contributed by atoms with Gasteiger partial charge in [0.05, 0.1) is 11.5 Å². The van der Waals surface area contributed by atoms with Crippen molar-refractivity contribution in [2.45, 2.75) is 55.6 Å². The molecular formula is C34H45N3O5S. The molecule has 0 aromatic heterocycles. The standard InChI is InChI=1S/C34H45N3O5S/c1-3-22-37(33(39)42-26-29-13-7-4-8-14-29)31-19-23-36(24-20-31)25-21-34(28-38,30-15-9-5-10-16-30)27-35(2)43(40,41)32-17-11-6-12-18-32/h4-18,31,38H,3,19-28H2,1-2H3. The topological polar surface area (TPSA) is 90.4 Å². The number of likely N-dealkylation sites (N-methyl/N-ethyl adjacent to an activating group) is 1. The van der Waals surface area contributed by atoms with Crippen LogP contribution in [0.4, 0.5) is 4.79 Å². The normalized spacial score (nSPS) is 16.1. The van der Waals surface area contributed by atoms with Crippen molar-refractivity contribution in [3.05, 3.63) is 102 Å². The minimum absolute atomic E-state index is 0.110. The average Bonchev–Trinajstić information content (AvgIpc) is 3.06. The zero-order chi connectivity index (χ0) is 30.7. The fourth-order valence-electron chi connectivity index (χ4n) is 5.90. The number of amides is 1. The SMILES string of the molecule is CCCN(C(=O)OCc1ccccc1)C1CCN(CCC(CO)(CN(C)S(=O)(=O)c2ccccc2)c2ccccc2)CC1. The number of hydrogen-bond acceptors (Lipinski definition) is 6. The van der Waals surface area contributed by atoms with Gasteiger partial charge < -0.3 is 19.6 Å². The number of likely N-dealkylation sites (tertiary alicyclic amines) is 1. The van der Waals surface area contributed by atoms with E-state index in [1.807, 2.05) is 65.6 Å². The van der Waals surface area contributed by atoms with Gasteiger partial charge in [0.15, 0.2) is 0 Å². The van der Waals surface area contributed by atoms with Gasteiger partial charge in [-0.25, -0.2) is 13.2 Å². The van der Waals surface area contributed by atoms with Crippen molar-refractivity contribution in [3.8, 4) is 0 Å². The van der Waals surface area contributed by atoms with Gasteiger partial charge in [-0.2, -0.15) is 4.31 Å². The summed E-state index contributed by atoms with van der Waals surface area (Å²) in [5.74, 6) is 0. The molecule has 3 aromatic carbocycles. The molecule has 1 saturated heterocycles. The van der Waals surface area contributed by atoms with Crippen molar-refractivity contribution in [1.82, 2.24) is 14.1 Å². The number of nitrogens with zero attached hydrogens (tertiary/aromatic N) is 3. The first-order valence-corrected chi connectivity index (χ1v) is 16.6. The average molecular weight is 608 g/mol. The maximum Gasteiger partial charge on any atom is 0.410 e. The Labute approximate surface area is 256 Å². The van der Waals surface area contributed by atoms with Gasteiger partial charge in [0.1, 0.15) is 6.61 Å². The highest BCUT2D eigenvalue weighted by atomic mass is 32.2. The lowest BCUT2D eigenvalue weighted by atomic mass is 9.77. The molecule has 8 nitrogen and oxygen atoms in total. The molecule has 1 fully saturated rings. The Morgan fingerprint density at radius 3 is 2.12 bits per heavy atom. The monoisotopic (exact) mass is 607 g/mol. The Bertz CT molecular complexity index is 1370. The van der Waals surface area contributed by atoms with Crippen molar-refractivity contribution in [1.29, 1.82) is 0 Å². The fraction of sp³-hybridized carbons (Fsp3) is 0.441. The molecule has 0 aliphatic carbocycles. The van der Waals surface area contributed by atoms with E-state index in [2.05, 4.69) is 11.8 Å². The molecule has 1 unspecified atom stereocenters. The number of carbonyl (C=O) groups is 1. The summed E-state index contributed by atoms with van der Waals surface area (Å²) in [5, 5.41) is 10.8. The Kier molecular flexibility index (Phi) is 11.8. The molecule has 4 rings (SSSR count). The second-order valence-corrected chi connectivity index (χ2v) is 13.5. The third kappa shape index (κ3) is 8.44. The van der Waals surface area contributed by atoms with Gasteiger partial charge in [0.25, 0.3) is 0 Å². The number of piperidine rings is 1. The van der Waals surface area contributed by atoms with E-state index in [1.165, 1.54) is 4.31 Å². The molecule has 1 amide bonds. The van der Waals surface area contributed by atoms with Crippen LogP contribution in [-0.2, 0) is 26.8 Å². The van der Waals surface area contributed by atoms with Crippen molar-refractivity contribution in [2.75, 3.05) is 46.4 Å². The van der Waals surface area contributed by atoms with Crippen LogP contribution in [0.2, 0.25) is 0 Å². The largest absolute Gasteiger partial charge is 0.445 e. The number of aliphatic hydroxyl groups is 1. The molecule has 1 heterocycles. The highest BCUT2D eigenvalue weighted by Gasteiger charge is 2.37. The Balaban J connectivity index is 1.40. The van der Waals surface area contributed by atoms with Crippen LogP contribution >= 0.6 is 0 Å². The van der Waals surface area contributed by atoms with Gasteiger partial charge in [0.2, 0.25) is 10.0 Å². The lowest BCUT2D eigenvalue weighted by molar-refractivity contribution is 0.0577. The van der Waals surface area contributed by atoms with Crippen molar-refractivity contribution >= 4 is 16.1 Å². The van der Waals surface area contributed by atoms with Crippen LogP contribution in [0.1, 0.15) is 43.7 Å². The summed E-state index contributed by atoms with van der Waals surface area (Å²) in [6.07, 6.45) is 2.84. The van der Waals surface area contributed by atoms with E-state index in [9.17, 15) is 18.3 Å². The first-order chi connectivity index (χ1) is 20.8. The van der Waals surface area contributed by atoms with Gasteiger partial charge in [-0.05, 0) is 55.5 Å². The molecule has 0 radical (unpaired) electrons. The van der Waals surface area contributed by atoms with Gasteiger partial charge in [-0.1, -0.05) is 85.8 Å². The fourth-order valence-corrected chi connectivity index (χ4v) is 7.18. The van der Waals surface area contributed by atoms with Gasteiger partial charge >= 0.3 is 6.09 Å². The first kappa shape index (κ1) is 32.7. The highest BCUT2D eigenvalue weighted by Crippen LogP contribution is 2.32. The summed E-state index contributed by atoms with van der Waals surface area (Å²) in [6, 6.07) is 27.9. The Morgan fingerprint density at radius 1 is 0.953 bits per heavy atom. The summed E-state index contributed by atoms with van der Waals surface area (Å²) in [5.41, 5.74) is 1.11. The van der Waals surface area contributed by atoms with Crippen LogP contribution in [-0.4, -0.2) is 86.1 Å². The second-order valence-electron chi connectivity index (χ2n) is 11.4. The summed E-state index contributed by atoms with van der Waals surface area (Å²) < 4.78 is 33.8. The van der Waals surface area contributed by atoms with Crippen LogP contribution in [0, 0.1) is 0 Å². The van der Waals surface area contributed by atoms with Crippen LogP contribution in [0.3, 0.4) is 0 Å². The minimum Gasteiger partial charge on any atom is -0.445 e. The number of aliphatic hydroxyl groups excluding tert-OH is 1. The zero-order valence-electron chi connectivity index (χ0n) is 25.3. The van der Waals surface area contributed by atoms with Gasteiger partial charge in [0, 0.05) is 44.7 Å². The predicted octanol–water partition coefficient (Wildman–Crippen LogP) is 5.14. The summed E-state index contributed by atoms with van der Waals surface area (Å²) >= 11 is 0. The Hall–Kier alpha value is -3.24. The highest BCUT2D eigenvalue weighted by molar-refractivity contribution is 7.89. The molecule has 1 aliphatic heterocycles. The molecule has 9 heteroatoms. The van der Waals surface area contributed by atoms with E-state index in [1.54, 1.807) is 37.4 Å². The third-order valence-electron chi connectivity index (χ3n) is 8.47. The van der Waals surface area contributed by atoms with E-state index < -0.39 is 15.4 Å². The van der Waals surface area contributed by atoms with Crippen molar-refractivity contribution in [2.24, 2.45) is 0 Å². The summed E-state index contributed by atoms with van der Waals surface area (Å²) in [4.78, 5) is 17.5. The van der Waals surface area contributed by atoms with Gasteiger partial charge in [-0.15, -0.1) is 0 Å². The Morgan fingerprint density at radius 2 is 1.53 bits per heavy atom. The zero-order valence-corrected chi connectivity index (χ0v) is 26.2. The number of ether oxygens (including phenoxy) is 1. The molecule has 1 N–H and O–H groups in total. The van der Waals surface area contributed by atoms with E-state index in [0.29, 0.717) is 19.5 Å². The van der Waals surface area contributed by atoms with Crippen LogP contribution in [0.15, 0.2) is 95.9 Å². The van der Waals surface area contributed by atoms with Crippen LogP contribution in [0.5, 0.6) is 0 Å². The molecule has 0 saturated carbocycles. The van der Waals surface area contributed by atoms with Crippen LogP contribution in [0.25, 0.3) is 0 Å². The molecule has 232 valence electrons. The molecule has 0 bridgehead atoms. The van der Waals surface area contributed by atoms with Crippen LogP contribution < -0.4 is 0 Å². The maximum absolute atomic E-state index is 13.4. The third-order valence-corrected chi connectivity index (χ3v) is 10.3. The number of benzene rings is 3. The molecule has 43 heavy (non-hydrogen) atoms. The van der Waals surface area contributed by atoms with Crippen molar-refractivity contribution in [3.63, 3.8) is 0 Å². The summed E-state index contributed by atoms with van der Waals surface area (Å²) in [6.45, 7) is 5.28. The molecule has 3 aromatic rings. The lowest BCUT2D eigenvalue weighted by Gasteiger charge is -2.41. The molecule has 0 spiro atoms. The maximum atomic E-state index is 13.4. The van der Waals surface area contributed by atoms with E-state index in [4.69, 9.17) is 4.74 Å². The molecule has 1 aliphatic rings.